The molecule has 1 fully saturated rings. The molecule has 1 heterocycles. The van der Waals surface area contributed by atoms with Crippen LogP contribution < -0.4 is 10.6 Å². The Balaban J connectivity index is 1.49. The smallest absolute Gasteiger partial charge is 0.251 e. The van der Waals surface area contributed by atoms with Crippen molar-refractivity contribution in [1.82, 2.24) is 10.2 Å². The molecular weight excluding hydrogens is 362 g/mol. The minimum atomic E-state index is -0.257. The zero-order chi connectivity index (χ0) is 19.2. The fourth-order valence-corrected chi connectivity index (χ4v) is 3.44. The number of para-hydroxylation sites is 1. The van der Waals surface area contributed by atoms with Gasteiger partial charge in [-0.25, -0.2) is 0 Å². The predicted octanol–water partition coefficient (Wildman–Crippen LogP) is 3.56. The molecule has 2 N–H and O–H groups in total. The molecule has 2 aromatic carbocycles. The van der Waals surface area contributed by atoms with Gasteiger partial charge in [0.15, 0.2) is 0 Å². The molecule has 1 aliphatic heterocycles. The van der Waals surface area contributed by atoms with E-state index in [1.54, 1.807) is 12.1 Å². The van der Waals surface area contributed by atoms with E-state index < -0.39 is 0 Å². The molecule has 0 aromatic heterocycles. The number of carbonyl (C=O) groups is 2. The third-order valence-electron chi connectivity index (χ3n) is 4.96. The molecule has 0 radical (unpaired) electrons. The maximum atomic E-state index is 12.5. The molecule has 2 aromatic rings. The largest absolute Gasteiger partial charge is 0.349 e. The molecule has 2 amide bonds. The van der Waals surface area contributed by atoms with E-state index in [9.17, 15) is 9.59 Å². The summed E-state index contributed by atoms with van der Waals surface area (Å²) in [5, 5.41) is 6.51. The molecule has 1 aliphatic rings. The maximum Gasteiger partial charge on any atom is 0.251 e. The Morgan fingerprint density at radius 3 is 2.33 bits per heavy atom. The van der Waals surface area contributed by atoms with Crippen LogP contribution >= 0.6 is 11.6 Å². The molecule has 0 bridgehead atoms. The van der Waals surface area contributed by atoms with E-state index in [0.717, 1.165) is 25.9 Å². The molecule has 0 aliphatic carbocycles. The van der Waals surface area contributed by atoms with Crippen LogP contribution in [0.25, 0.3) is 0 Å². The number of hydrogen-bond donors (Lipinski definition) is 2. The number of rotatable bonds is 5. The Morgan fingerprint density at radius 1 is 1.04 bits per heavy atom. The van der Waals surface area contributed by atoms with Crippen molar-refractivity contribution in [3.8, 4) is 0 Å². The summed E-state index contributed by atoms with van der Waals surface area (Å²) in [5.74, 6) is -0.117. The molecular formula is C21H24ClN3O2. The maximum absolute atomic E-state index is 12.5. The van der Waals surface area contributed by atoms with Gasteiger partial charge in [-0.05, 0) is 44.0 Å². The normalized spacial score (nSPS) is 16.5. The van der Waals surface area contributed by atoms with Gasteiger partial charge in [-0.15, -0.1) is 0 Å². The summed E-state index contributed by atoms with van der Waals surface area (Å²) >= 11 is 6.11. The summed E-state index contributed by atoms with van der Waals surface area (Å²) < 4.78 is 0. The van der Waals surface area contributed by atoms with E-state index >= 15 is 0 Å². The molecule has 1 unspecified atom stereocenters. The number of halogens is 1. The van der Waals surface area contributed by atoms with Gasteiger partial charge in [-0.2, -0.15) is 0 Å². The summed E-state index contributed by atoms with van der Waals surface area (Å²) in [6, 6.07) is 16.3. The van der Waals surface area contributed by atoms with Gasteiger partial charge in [0, 0.05) is 24.7 Å². The lowest BCUT2D eigenvalue weighted by molar-refractivity contribution is -0.121. The highest BCUT2D eigenvalue weighted by atomic mass is 35.5. The minimum absolute atomic E-state index is 0.0430. The van der Waals surface area contributed by atoms with Crippen LogP contribution in [-0.2, 0) is 4.79 Å². The lowest BCUT2D eigenvalue weighted by atomic mass is 10.0. The Labute approximate surface area is 164 Å². The van der Waals surface area contributed by atoms with Crippen LogP contribution in [0.1, 0.15) is 30.1 Å². The zero-order valence-corrected chi connectivity index (χ0v) is 16.1. The van der Waals surface area contributed by atoms with Crippen LogP contribution in [0.15, 0.2) is 54.6 Å². The van der Waals surface area contributed by atoms with Gasteiger partial charge < -0.3 is 10.6 Å². The number of carbonyl (C=O) groups excluding carboxylic acids is 2. The highest BCUT2D eigenvalue weighted by Gasteiger charge is 2.27. The monoisotopic (exact) mass is 385 g/mol. The van der Waals surface area contributed by atoms with Gasteiger partial charge in [0.05, 0.1) is 16.8 Å². The van der Waals surface area contributed by atoms with Gasteiger partial charge >= 0.3 is 0 Å². The standard InChI is InChI=1S/C21H24ClN3O2/c1-15(20(26)24-19-10-6-5-9-18(19)22)25-13-11-17(12-14-25)23-21(27)16-7-3-2-4-8-16/h2-10,15,17H,11-14H2,1H3,(H,23,27)(H,24,26). The zero-order valence-electron chi connectivity index (χ0n) is 15.3. The summed E-state index contributed by atoms with van der Waals surface area (Å²) in [7, 11) is 0. The van der Waals surface area contributed by atoms with Crippen LogP contribution in [0, 0.1) is 0 Å². The van der Waals surface area contributed by atoms with E-state index in [0.29, 0.717) is 16.3 Å². The van der Waals surface area contributed by atoms with E-state index in [-0.39, 0.29) is 23.9 Å². The highest BCUT2D eigenvalue weighted by molar-refractivity contribution is 6.33. The third-order valence-corrected chi connectivity index (χ3v) is 5.29. The number of piperidine rings is 1. The third kappa shape index (κ3) is 5.08. The predicted molar refractivity (Wildman–Crippen MR) is 108 cm³/mol. The minimum Gasteiger partial charge on any atom is -0.349 e. The second kappa shape index (κ2) is 9.02. The van der Waals surface area contributed by atoms with Crippen LogP contribution in [0.3, 0.4) is 0 Å². The SMILES string of the molecule is CC(C(=O)Nc1ccccc1Cl)N1CCC(NC(=O)c2ccccc2)CC1. The topological polar surface area (TPSA) is 61.4 Å². The Bertz CT molecular complexity index is 789. The van der Waals surface area contributed by atoms with Crippen LogP contribution in [-0.4, -0.2) is 41.9 Å². The van der Waals surface area contributed by atoms with Gasteiger partial charge in [-0.3, -0.25) is 14.5 Å². The second-order valence-electron chi connectivity index (χ2n) is 6.79. The first-order valence-corrected chi connectivity index (χ1v) is 9.58. The summed E-state index contributed by atoms with van der Waals surface area (Å²) in [6.45, 7) is 3.42. The number of nitrogens with zero attached hydrogens (tertiary/aromatic N) is 1. The van der Waals surface area contributed by atoms with Crippen molar-refractivity contribution in [2.75, 3.05) is 18.4 Å². The number of hydrogen-bond acceptors (Lipinski definition) is 3. The van der Waals surface area contributed by atoms with Crippen molar-refractivity contribution < 1.29 is 9.59 Å². The van der Waals surface area contributed by atoms with E-state index in [2.05, 4.69) is 15.5 Å². The summed E-state index contributed by atoms with van der Waals surface area (Å²) in [4.78, 5) is 26.9. The number of nitrogens with one attached hydrogen (secondary N) is 2. The van der Waals surface area contributed by atoms with Crippen LogP contribution in [0.5, 0.6) is 0 Å². The number of likely N-dealkylation sites (tertiary alicyclic amines) is 1. The molecule has 142 valence electrons. The van der Waals surface area contributed by atoms with Crippen molar-refractivity contribution in [1.29, 1.82) is 0 Å². The van der Waals surface area contributed by atoms with Crippen molar-refractivity contribution in [3.63, 3.8) is 0 Å². The van der Waals surface area contributed by atoms with Gasteiger partial charge in [-0.1, -0.05) is 41.9 Å². The van der Waals surface area contributed by atoms with E-state index in [1.165, 1.54) is 0 Å². The Hall–Kier alpha value is -2.37. The quantitative estimate of drug-likeness (QED) is 0.827. The van der Waals surface area contributed by atoms with Gasteiger partial charge in [0.25, 0.3) is 5.91 Å². The lowest BCUT2D eigenvalue weighted by Crippen LogP contribution is -2.50. The second-order valence-corrected chi connectivity index (χ2v) is 7.20. The lowest BCUT2D eigenvalue weighted by Gasteiger charge is -2.35. The Kier molecular flexibility index (Phi) is 6.48. The van der Waals surface area contributed by atoms with Gasteiger partial charge in [0.1, 0.15) is 0 Å². The first kappa shape index (κ1) is 19.4. The molecule has 3 rings (SSSR count). The first-order chi connectivity index (χ1) is 13.0. The summed E-state index contributed by atoms with van der Waals surface area (Å²) in [5.41, 5.74) is 1.30. The molecule has 5 nitrogen and oxygen atoms in total. The molecule has 0 saturated carbocycles. The van der Waals surface area contributed by atoms with Crippen LogP contribution in [0.4, 0.5) is 5.69 Å². The van der Waals surface area contributed by atoms with Crippen molar-refractivity contribution >= 4 is 29.1 Å². The molecule has 27 heavy (non-hydrogen) atoms. The average molecular weight is 386 g/mol. The fourth-order valence-electron chi connectivity index (χ4n) is 3.25. The summed E-state index contributed by atoms with van der Waals surface area (Å²) in [6.07, 6.45) is 1.64. The number of anilines is 1. The van der Waals surface area contributed by atoms with Crippen molar-refractivity contribution in [2.45, 2.75) is 31.8 Å². The molecule has 1 saturated heterocycles. The first-order valence-electron chi connectivity index (χ1n) is 9.20. The molecule has 1 atom stereocenters. The Morgan fingerprint density at radius 2 is 1.67 bits per heavy atom. The van der Waals surface area contributed by atoms with Crippen molar-refractivity contribution in [2.24, 2.45) is 0 Å². The van der Waals surface area contributed by atoms with Crippen LogP contribution in [0.2, 0.25) is 5.02 Å². The fraction of sp³-hybridized carbons (Fsp3) is 0.333. The number of benzene rings is 2. The number of amides is 2. The average Bonchev–Trinajstić information content (AvgIpc) is 2.70. The van der Waals surface area contributed by atoms with E-state index in [1.807, 2.05) is 49.4 Å². The van der Waals surface area contributed by atoms with Crippen molar-refractivity contribution in [3.05, 3.63) is 65.2 Å². The highest BCUT2D eigenvalue weighted by Crippen LogP contribution is 2.21. The van der Waals surface area contributed by atoms with E-state index in [4.69, 9.17) is 11.6 Å². The molecule has 6 heteroatoms. The molecule has 0 spiro atoms. The van der Waals surface area contributed by atoms with Gasteiger partial charge in [0.2, 0.25) is 5.91 Å².